The molecule has 1 unspecified atom stereocenters. The van der Waals surface area contributed by atoms with Gasteiger partial charge in [0, 0.05) is 11.6 Å². The first-order valence-electron chi connectivity index (χ1n) is 5.77. The van der Waals surface area contributed by atoms with Crippen LogP contribution in [0.3, 0.4) is 0 Å². The molecule has 90 valence electrons. The summed E-state index contributed by atoms with van der Waals surface area (Å²) in [5.74, 6) is 0. The second-order valence-electron chi connectivity index (χ2n) is 5.39. The molecule has 2 heteroatoms. The minimum Gasteiger partial charge on any atom is -0.322 e. The molecule has 2 N–H and O–H groups in total. The van der Waals surface area contributed by atoms with Gasteiger partial charge in [0.1, 0.15) is 0 Å². The molecule has 0 aliphatic heterocycles. The fourth-order valence-corrected chi connectivity index (χ4v) is 1.75. The molecule has 1 aromatic carbocycles. The van der Waals surface area contributed by atoms with Crippen LogP contribution < -0.4 is 5.73 Å². The molecule has 0 saturated carbocycles. The Morgan fingerprint density at radius 1 is 1.19 bits per heavy atom. The van der Waals surface area contributed by atoms with E-state index < -0.39 is 0 Å². The van der Waals surface area contributed by atoms with Crippen molar-refractivity contribution in [2.24, 2.45) is 5.73 Å². The highest BCUT2D eigenvalue weighted by Gasteiger charge is 2.30. The number of rotatable bonds is 3. The van der Waals surface area contributed by atoms with Crippen molar-refractivity contribution < 1.29 is 0 Å². The van der Waals surface area contributed by atoms with Crippen LogP contribution in [0.4, 0.5) is 0 Å². The molecule has 1 atom stereocenters. The van der Waals surface area contributed by atoms with Gasteiger partial charge in [-0.05, 0) is 52.9 Å². The maximum Gasteiger partial charge on any atom is 0.0479 e. The van der Waals surface area contributed by atoms with E-state index in [9.17, 15) is 0 Å². The number of nitrogens with zero attached hydrogens (tertiary/aromatic N) is 1. The second kappa shape index (κ2) is 4.56. The van der Waals surface area contributed by atoms with Crippen molar-refractivity contribution in [3.05, 3.63) is 34.9 Å². The molecular formula is C14H24N2. The monoisotopic (exact) mass is 220 g/mol. The van der Waals surface area contributed by atoms with Crippen molar-refractivity contribution in [1.82, 2.24) is 4.90 Å². The van der Waals surface area contributed by atoms with Crippen LogP contribution in [0, 0.1) is 13.8 Å². The van der Waals surface area contributed by atoms with Crippen LogP contribution >= 0.6 is 0 Å². The molecule has 0 heterocycles. The predicted octanol–water partition coefficient (Wildman–Crippen LogP) is 2.64. The molecule has 0 aliphatic carbocycles. The number of benzene rings is 1. The zero-order valence-electron chi connectivity index (χ0n) is 11.3. The number of nitrogens with two attached hydrogens (primary N) is 1. The van der Waals surface area contributed by atoms with E-state index in [0.29, 0.717) is 0 Å². The standard InChI is InChI=1S/C14H24N2/c1-10-7-8-11(2)12(9-10)13(15)14(3,4)16(5)6/h7-9,13H,15H2,1-6H3. The van der Waals surface area contributed by atoms with E-state index in [2.05, 4.69) is 64.9 Å². The third-order valence-corrected chi connectivity index (χ3v) is 3.68. The largest absolute Gasteiger partial charge is 0.322 e. The third-order valence-electron chi connectivity index (χ3n) is 3.68. The van der Waals surface area contributed by atoms with Crippen LogP contribution in [-0.2, 0) is 0 Å². The maximum atomic E-state index is 6.40. The molecule has 0 saturated heterocycles. The molecular weight excluding hydrogens is 196 g/mol. The molecule has 0 fully saturated rings. The van der Waals surface area contributed by atoms with E-state index in [0.717, 1.165) is 0 Å². The molecule has 0 spiro atoms. The highest BCUT2D eigenvalue weighted by molar-refractivity contribution is 5.34. The van der Waals surface area contributed by atoms with E-state index >= 15 is 0 Å². The van der Waals surface area contributed by atoms with E-state index in [1.807, 2.05) is 0 Å². The highest BCUT2D eigenvalue weighted by Crippen LogP contribution is 2.29. The van der Waals surface area contributed by atoms with Gasteiger partial charge in [-0.3, -0.25) is 0 Å². The van der Waals surface area contributed by atoms with E-state index in [4.69, 9.17) is 5.73 Å². The first-order valence-corrected chi connectivity index (χ1v) is 5.77. The van der Waals surface area contributed by atoms with E-state index in [1.54, 1.807) is 0 Å². The van der Waals surface area contributed by atoms with Gasteiger partial charge in [-0.2, -0.15) is 0 Å². The Morgan fingerprint density at radius 2 is 1.75 bits per heavy atom. The first-order chi connectivity index (χ1) is 7.26. The van der Waals surface area contributed by atoms with Crippen LogP contribution in [0.15, 0.2) is 18.2 Å². The minimum absolute atomic E-state index is 0.0300. The maximum absolute atomic E-state index is 6.40. The molecule has 0 radical (unpaired) electrons. The Kier molecular flexibility index (Phi) is 3.76. The number of aryl methyl sites for hydroxylation is 2. The average Bonchev–Trinajstić information content (AvgIpc) is 2.20. The Labute approximate surface area is 99.5 Å². The van der Waals surface area contributed by atoms with Gasteiger partial charge in [0.2, 0.25) is 0 Å². The van der Waals surface area contributed by atoms with Crippen molar-refractivity contribution in [2.75, 3.05) is 14.1 Å². The second-order valence-corrected chi connectivity index (χ2v) is 5.39. The zero-order valence-corrected chi connectivity index (χ0v) is 11.3. The SMILES string of the molecule is Cc1ccc(C)c(C(N)C(C)(C)N(C)C)c1. The first kappa shape index (κ1) is 13.2. The van der Waals surface area contributed by atoms with Crippen LogP contribution in [-0.4, -0.2) is 24.5 Å². The van der Waals surface area contributed by atoms with Gasteiger partial charge in [-0.25, -0.2) is 0 Å². The Morgan fingerprint density at radius 3 is 2.25 bits per heavy atom. The van der Waals surface area contributed by atoms with Crippen LogP contribution in [0.5, 0.6) is 0 Å². The summed E-state index contributed by atoms with van der Waals surface area (Å²) < 4.78 is 0. The molecule has 16 heavy (non-hydrogen) atoms. The fraction of sp³-hybridized carbons (Fsp3) is 0.571. The summed E-state index contributed by atoms with van der Waals surface area (Å²) in [4.78, 5) is 2.18. The van der Waals surface area contributed by atoms with Gasteiger partial charge >= 0.3 is 0 Å². The smallest absolute Gasteiger partial charge is 0.0479 e. The Bertz CT molecular complexity index is 367. The molecule has 1 rings (SSSR count). The molecule has 0 amide bonds. The number of hydrogen-bond donors (Lipinski definition) is 1. The van der Waals surface area contributed by atoms with Gasteiger partial charge < -0.3 is 10.6 Å². The molecule has 0 aliphatic rings. The summed E-state index contributed by atoms with van der Waals surface area (Å²) in [7, 11) is 4.15. The van der Waals surface area contributed by atoms with E-state index in [-0.39, 0.29) is 11.6 Å². The predicted molar refractivity (Wildman–Crippen MR) is 70.6 cm³/mol. The molecule has 2 nitrogen and oxygen atoms in total. The molecule has 0 aromatic heterocycles. The van der Waals surface area contributed by atoms with Gasteiger partial charge in [-0.1, -0.05) is 23.8 Å². The number of likely N-dealkylation sites (N-methyl/N-ethyl adjacent to an activating group) is 1. The summed E-state index contributed by atoms with van der Waals surface area (Å²) in [6.07, 6.45) is 0. The summed E-state index contributed by atoms with van der Waals surface area (Å²) in [6.45, 7) is 8.59. The lowest BCUT2D eigenvalue weighted by atomic mass is 9.85. The quantitative estimate of drug-likeness (QED) is 0.848. The Balaban J connectivity index is 3.14. The topological polar surface area (TPSA) is 29.3 Å². The van der Waals surface area contributed by atoms with Gasteiger partial charge in [0.05, 0.1) is 0 Å². The lowest BCUT2D eigenvalue weighted by Crippen LogP contribution is -2.47. The summed E-state index contributed by atoms with van der Waals surface area (Å²) in [5, 5.41) is 0. The van der Waals surface area contributed by atoms with Crippen LogP contribution in [0.1, 0.15) is 36.6 Å². The fourth-order valence-electron chi connectivity index (χ4n) is 1.75. The van der Waals surface area contributed by atoms with Gasteiger partial charge in [0.15, 0.2) is 0 Å². The molecule has 0 bridgehead atoms. The minimum atomic E-state index is -0.0431. The summed E-state index contributed by atoms with van der Waals surface area (Å²) in [6, 6.07) is 6.51. The summed E-state index contributed by atoms with van der Waals surface area (Å²) >= 11 is 0. The zero-order chi connectivity index (χ0) is 12.5. The van der Waals surface area contributed by atoms with Crippen molar-refractivity contribution >= 4 is 0 Å². The lowest BCUT2D eigenvalue weighted by molar-refractivity contribution is 0.158. The lowest BCUT2D eigenvalue weighted by Gasteiger charge is -2.39. The normalized spacial score (nSPS) is 14.2. The average molecular weight is 220 g/mol. The van der Waals surface area contributed by atoms with Crippen LogP contribution in [0.25, 0.3) is 0 Å². The van der Waals surface area contributed by atoms with Crippen molar-refractivity contribution in [3.8, 4) is 0 Å². The van der Waals surface area contributed by atoms with Crippen molar-refractivity contribution in [3.63, 3.8) is 0 Å². The molecule has 1 aromatic rings. The van der Waals surface area contributed by atoms with Gasteiger partial charge in [0.25, 0.3) is 0 Å². The van der Waals surface area contributed by atoms with E-state index in [1.165, 1.54) is 16.7 Å². The van der Waals surface area contributed by atoms with Crippen LogP contribution in [0.2, 0.25) is 0 Å². The number of hydrogen-bond acceptors (Lipinski definition) is 2. The Hall–Kier alpha value is -0.860. The van der Waals surface area contributed by atoms with Crippen molar-refractivity contribution in [1.29, 1.82) is 0 Å². The third kappa shape index (κ3) is 2.45. The summed E-state index contributed by atoms with van der Waals surface area (Å²) in [5.41, 5.74) is 10.1. The highest BCUT2D eigenvalue weighted by atomic mass is 15.2. The van der Waals surface area contributed by atoms with Crippen molar-refractivity contribution in [2.45, 2.75) is 39.3 Å². The van der Waals surface area contributed by atoms with Gasteiger partial charge in [-0.15, -0.1) is 0 Å².